The van der Waals surface area contributed by atoms with Gasteiger partial charge in [0.2, 0.25) is 0 Å². The molecule has 3 aromatic rings. The maximum absolute atomic E-state index is 12.5. The van der Waals surface area contributed by atoms with Gasteiger partial charge >= 0.3 is 6.03 Å². The van der Waals surface area contributed by atoms with E-state index in [9.17, 15) is 9.59 Å². The van der Waals surface area contributed by atoms with Crippen LogP contribution in [-0.2, 0) is 0 Å². The largest absolute Gasteiger partial charge is 0.351 e. The number of pyridine rings is 1. The van der Waals surface area contributed by atoms with E-state index in [0.29, 0.717) is 22.6 Å². The van der Waals surface area contributed by atoms with E-state index in [-0.39, 0.29) is 5.91 Å². The Labute approximate surface area is 151 Å². The summed E-state index contributed by atoms with van der Waals surface area (Å²) in [7, 11) is 0. The highest BCUT2D eigenvalue weighted by atomic mass is 16.2. The van der Waals surface area contributed by atoms with Gasteiger partial charge in [-0.15, -0.1) is 0 Å². The first-order chi connectivity index (χ1) is 12.5. The van der Waals surface area contributed by atoms with Crippen molar-refractivity contribution in [3.63, 3.8) is 0 Å². The Kier molecular flexibility index (Phi) is 4.94. The van der Waals surface area contributed by atoms with Crippen LogP contribution in [0.4, 0.5) is 16.2 Å². The number of hydrogen-bond acceptors (Lipinski definition) is 3. The molecule has 0 aliphatic heterocycles. The second kappa shape index (κ2) is 7.48. The molecule has 2 aromatic carbocycles. The van der Waals surface area contributed by atoms with Crippen LogP contribution in [0.3, 0.4) is 0 Å². The fourth-order valence-corrected chi connectivity index (χ4v) is 2.55. The third-order valence-corrected chi connectivity index (χ3v) is 3.81. The van der Waals surface area contributed by atoms with Crippen LogP contribution >= 0.6 is 0 Å². The first-order valence-corrected chi connectivity index (χ1v) is 8.04. The maximum Gasteiger partial charge on any atom is 0.316 e. The van der Waals surface area contributed by atoms with Gasteiger partial charge in [0.15, 0.2) is 0 Å². The van der Waals surface area contributed by atoms with Gasteiger partial charge in [-0.3, -0.25) is 9.78 Å². The summed E-state index contributed by atoms with van der Waals surface area (Å²) in [5.74, 6) is -0.245. The van der Waals surface area contributed by atoms with Gasteiger partial charge in [-0.2, -0.15) is 0 Å². The molecule has 6 nitrogen and oxygen atoms in total. The van der Waals surface area contributed by atoms with E-state index in [1.807, 2.05) is 36.4 Å². The van der Waals surface area contributed by atoms with Crippen molar-refractivity contribution in [1.82, 2.24) is 4.98 Å². The number of nitrogens with one attached hydrogen (secondary N) is 2. The average molecular weight is 346 g/mol. The normalized spacial score (nSPS) is 10.2. The van der Waals surface area contributed by atoms with Gasteiger partial charge in [-0.05, 0) is 43.3 Å². The number of anilines is 2. The third kappa shape index (κ3) is 4.05. The minimum atomic E-state index is -0.637. The molecule has 0 aliphatic rings. The number of benzene rings is 2. The van der Waals surface area contributed by atoms with Crippen molar-refractivity contribution < 1.29 is 9.59 Å². The number of aromatic nitrogens is 1. The summed E-state index contributed by atoms with van der Waals surface area (Å²) in [6.07, 6.45) is 0. The van der Waals surface area contributed by atoms with Crippen LogP contribution in [0.25, 0.3) is 11.3 Å². The fraction of sp³-hybridized carbons (Fsp3) is 0.0500. The minimum absolute atomic E-state index is 0.245. The molecule has 3 rings (SSSR count). The molecule has 3 amide bonds. The van der Waals surface area contributed by atoms with Crippen LogP contribution in [-0.4, -0.2) is 16.9 Å². The lowest BCUT2D eigenvalue weighted by Gasteiger charge is -2.10. The van der Waals surface area contributed by atoms with E-state index in [0.717, 1.165) is 11.3 Å². The lowest BCUT2D eigenvalue weighted by atomic mass is 10.1. The fourth-order valence-electron chi connectivity index (χ4n) is 2.55. The molecule has 26 heavy (non-hydrogen) atoms. The molecule has 0 unspecified atom stereocenters. The average Bonchev–Trinajstić information content (AvgIpc) is 2.63. The monoisotopic (exact) mass is 346 g/mol. The van der Waals surface area contributed by atoms with E-state index < -0.39 is 6.03 Å². The molecule has 0 saturated carbocycles. The number of amides is 3. The Balaban J connectivity index is 1.74. The number of nitrogens with zero attached hydrogens (tertiary/aromatic N) is 1. The number of aryl methyl sites for hydroxylation is 1. The summed E-state index contributed by atoms with van der Waals surface area (Å²) in [5, 5.41) is 5.28. The van der Waals surface area contributed by atoms with Crippen molar-refractivity contribution in [2.24, 2.45) is 5.73 Å². The first kappa shape index (κ1) is 17.2. The smallest absolute Gasteiger partial charge is 0.316 e. The first-order valence-electron chi connectivity index (χ1n) is 8.04. The number of urea groups is 1. The summed E-state index contributed by atoms with van der Waals surface area (Å²) in [5.41, 5.74) is 9.20. The molecule has 0 radical (unpaired) electrons. The molecule has 0 saturated heterocycles. The highest BCUT2D eigenvalue weighted by Gasteiger charge is 2.12. The highest BCUT2D eigenvalue weighted by molar-refractivity contribution is 6.05. The van der Waals surface area contributed by atoms with Gasteiger partial charge < -0.3 is 16.4 Å². The summed E-state index contributed by atoms with van der Waals surface area (Å²) in [4.78, 5) is 27.9. The summed E-state index contributed by atoms with van der Waals surface area (Å²) >= 11 is 0. The SMILES string of the molecule is Cc1nc(-c2ccccc2)ccc1C(=O)Nc1ccc(NC(N)=O)cc1. The third-order valence-electron chi connectivity index (χ3n) is 3.81. The number of carbonyl (C=O) groups is 2. The second-order valence-electron chi connectivity index (χ2n) is 5.72. The van der Waals surface area contributed by atoms with Crippen molar-refractivity contribution in [3.05, 3.63) is 78.0 Å². The molecule has 1 aromatic heterocycles. The Morgan fingerprint density at radius 1 is 0.846 bits per heavy atom. The Morgan fingerprint density at radius 2 is 1.46 bits per heavy atom. The zero-order valence-corrected chi connectivity index (χ0v) is 14.2. The summed E-state index contributed by atoms with van der Waals surface area (Å²) < 4.78 is 0. The Morgan fingerprint density at radius 3 is 2.04 bits per heavy atom. The van der Waals surface area contributed by atoms with Crippen molar-refractivity contribution >= 4 is 23.3 Å². The molecule has 130 valence electrons. The standard InChI is InChI=1S/C20H18N4O2/c1-13-17(11-12-18(22-13)14-5-3-2-4-6-14)19(25)23-15-7-9-16(10-8-15)24-20(21)26/h2-12H,1H3,(H,23,25)(H3,21,24,26). The molecule has 0 spiro atoms. The maximum atomic E-state index is 12.5. The molecular formula is C20H18N4O2. The molecule has 0 bridgehead atoms. The lowest BCUT2D eigenvalue weighted by molar-refractivity contribution is 0.102. The Hall–Kier alpha value is -3.67. The molecule has 1 heterocycles. The highest BCUT2D eigenvalue weighted by Crippen LogP contribution is 2.20. The topological polar surface area (TPSA) is 97.1 Å². The van der Waals surface area contributed by atoms with Gasteiger partial charge in [-0.25, -0.2) is 4.79 Å². The van der Waals surface area contributed by atoms with Gasteiger partial charge in [0, 0.05) is 16.9 Å². The predicted molar refractivity (Wildman–Crippen MR) is 102 cm³/mol. The molecule has 0 fully saturated rings. The molecule has 0 atom stereocenters. The number of rotatable bonds is 4. The summed E-state index contributed by atoms with van der Waals surface area (Å²) in [6.45, 7) is 1.81. The predicted octanol–water partition coefficient (Wildman–Crippen LogP) is 3.80. The Bertz CT molecular complexity index is 938. The number of carbonyl (C=O) groups excluding carboxylic acids is 2. The molecule has 4 N–H and O–H groups in total. The van der Waals surface area contributed by atoms with E-state index in [1.165, 1.54) is 0 Å². The van der Waals surface area contributed by atoms with Crippen LogP contribution in [0.15, 0.2) is 66.7 Å². The van der Waals surface area contributed by atoms with Crippen LogP contribution in [0.2, 0.25) is 0 Å². The van der Waals surface area contributed by atoms with Crippen LogP contribution in [0.1, 0.15) is 16.1 Å². The number of primary amides is 1. The van der Waals surface area contributed by atoms with Gasteiger partial charge in [0.1, 0.15) is 0 Å². The molecule has 6 heteroatoms. The number of hydrogen-bond donors (Lipinski definition) is 3. The quantitative estimate of drug-likeness (QED) is 0.670. The van der Waals surface area contributed by atoms with E-state index in [2.05, 4.69) is 15.6 Å². The zero-order chi connectivity index (χ0) is 18.5. The molecular weight excluding hydrogens is 328 g/mol. The van der Waals surface area contributed by atoms with E-state index in [4.69, 9.17) is 5.73 Å². The van der Waals surface area contributed by atoms with E-state index >= 15 is 0 Å². The number of nitrogens with two attached hydrogens (primary N) is 1. The van der Waals surface area contributed by atoms with Gasteiger partial charge in [0.25, 0.3) is 5.91 Å². The molecule has 0 aliphatic carbocycles. The van der Waals surface area contributed by atoms with Crippen LogP contribution in [0, 0.1) is 6.92 Å². The van der Waals surface area contributed by atoms with Crippen LogP contribution in [0.5, 0.6) is 0 Å². The van der Waals surface area contributed by atoms with Gasteiger partial charge in [0.05, 0.1) is 17.0 Å². The van der Waals surface area contributed by atoms with Crippen molar-refractivity contribution in [1.29, 1.82) is 0 Å². The van der Waals surface area contributed by atoms with Gasteiger partial charge in [-0.1, -0.05) is 30.3 Å². The van der Waals surface area contributed by atoms with E-state index in [1.54, 1.807) is 37.3 Å². The van der Waals surface area contributed by atoms with Crippen molar-refractivity contribution in [2.75, 3.05) is 10.6 Å². The van der Waals surface area contributed by atoms with Crippen molar-refractivity contribution in [3.8, 4) is 11.3 Å². The second-order valence-corrected chi connectivity index (χ2v) is 5.72. The van der Waals surface area contributed by atoms with Crippen molar-refractivity contribution in [2.45, 2.75) is 6.92 Å². The van der Waals surface area contributed by atoms with Crippen LogP contribution < -0.4 is 16.4 Å². The summed E-state index contributed by atoms with van der Waals surface area (Å²) in [6, 6.07) is 19.4. The lowest BCUT2D eigenvalue weighted by Crippen LogP contribution is -2.19. The minimum Gasteiger partial charge on any atom is -0.351 e. The zero-order valence-electron chi connectivity index (χ0n) is 14.2.